The predicted octanol–water partition coefficient (Wildman–Crippen LogP) is 2.30. The van der Waals surface area contributed by atoms with Gasteiger partial charge >= 0.3 is 6.03 Å². The largest absolute Gasteiger partial charge is 0.391 e. The minimum absolute atomic E-state index is 0.0674. The van der Waals surface area contributed by atoms with Crippen LogP contribution in [0.25, 0.3) is 0 Å². The number of thiazole rings is 1. The molecule has 2 atom stereocenters. The minimum Gasteiger partial charge on any atom is -0.391 e. The van der Waals surface area contributed by atoms with Gasteiger partial charge in [0.25, 0.3) is 0 Å². The van der Waals surface area contributed by atoms with Crippen LogP contribution in [-0.4, -0.2) is 28.8 Å². The molecule has 1 heterocycles. The molecule has 19 heavy (non-hydrogen) atoms. The highest BCUT2D eigenvalue weighted by molar-refractivity contribution is 7.09. The molecule has 3 N–H and O–H groups in total. The lowest BCUT2D eigenvalue weighted by Gasteiger charge is -2.17. The first-order valence-electron chi connectivity index (χ1n) is 6.64. The number of nitrogens with zero attached hydrogens (tertiary/aromatic N) is 1. The molecule has 6 heteroatoms. The highest BCUT2D eigenvalue weighted by atomic mass is 32.1. The van der Waals surface area contributed by atoms with Gasteiger partial charge in [0.1, 0.15) is 5.01 Å². The van der Waals surface area contributed by atoms with Crippen molar-refractivity contribution in [1.82, 2.24) is 15.6 Å². The summed E-state index contributed by atoms with van der Waals surface area (Å²) in [5.74, 6) is 0.415. The second-order valence-corrected chi connectivity index (χ2v) is 5.90. The van der Waals surface area contributed by atoms with Gasteiger partial charge in [0.15, 0.2) is 0 Å². The van der Waals surface area contributed by atoms with Crippen LogP contribution in [0.3, 0.4) is 0 Å². The van der Waals surface area contributed by atoms with Crippen molar-refractivity contribution in [3.63, 3.8) is 0 Å². The SMILES string of the molecule is CCC(NC(=O)NCC(O)CC(C)C)c1nccs1. The second kappa shape index (κ2) is 8.12. The molecule has 108 valence electrons. The van der Waals surface area contributed by atoms with E-state index >= 15 is 0 Å². The molecule has 0 saturated heterocycles. The van der Waals surface area contributed by atoms with Crippen LogP contribution in [-0.2, 0) is 0 Å². The fourth-order valence-corrected chi connectivity index (χ4v) is 2.56. The van der Waals surface area contributed by atoms with E-state index < -0.39 is 6.10 Å². The number of aromatic nitrogens is 1. The lowest BCUT2D eigenvalue weighted by molar-refractivity contribution is 0.146. The average Bonchev–Trinajstić information content (AvgIpc) is 2.86. The molecule has 2 amide bonds. The van der Waals surface area contributed by atoms with Crippen LogP contribution in [0.4, 0.5) is 4.79 Å². The van der Waals surface area contributed by atoms with E-state index in [-0.39, 0.29) is 18.6 Å². The van der Waals surface area contributed by atoms with Crippen LogP contribution in [0.2, 0.25) is 0 Å². The molecule has 0 fully saturated rings. The topological polar surface area (TPSA) is 74.2 Å². The van der Waals surface area contributed by atoms with Gasteiger partial charge in [0, 0.05) is 18.1 Å². The molecule has 0 saturated carbocycles. The first kappa shape index (κ1) is 15.9. The van der Waals surface area contributed by atoms with E-state index in [1.807, 2.05) is 26.2 Å². The number of hydrogen-bond donors (Lipinski definition) is 3. The first-order chi connectivity index (χ1) is 9.02. The van der Waals surface area contributed by atoms with E-state index in [0.717, 1.165) is 11.4 Å². The fourth-order valence-electron chi connectivity index (χ4n) is 1.79. The summed E-state index contributed by atoms with van der Waals surface area (Å²) in [6.07, 6.45) is 2.71. The molecule has 1 rings (SSSR count). The Labute approximate surface area is 118 Å². The number of carbonyl (C=O) groups is 1. The number of rotatable bonds is 7. The van der Waals surface area contributed by atoms with Crippen molar-refractivity contribution in [3.05, 3.63) is 16.6 Å². The van der Waals surface area contributed by atoms with E-state index in [1.165, 1.54) is 11.3 Å². The minimum atomic E-state index is -0.495. The molecule has 0 aliphatic carbocycles. The average molecular weight is 285 g/mol. The Kier molecular flexibility index (Phi) is 6.80. The van der Waals surface area contributed by atoms with Crippen molar-refractivity contribution >= 4 is 17.4 Å². The van der Waals surface area contributed by atoms with Crippen LogP contribution in [0, 0.1) is 5.92 Å². The first-order valence-corrected chi connectivity index (χ1v) is 7.52. The third-order valence-electron chi connectivity index (χ3n) is 2.70. The van der Waals surface area contributed by atoms with Gasteiger partial charge in [-0.25, -0.2) is 9.78 Å². The summed E-state index contributed by atoms with van der Waals surface area (Å²) in [5.41, 5.74) is 0. The lowest BCUT2D eigenvalue weighted by atomic mass is 10.1. The summed E-state index contributed by atoms with van der Waals surface area (Å²) in [4.78, 5) is 15.9. The lowest BCUT2D eigenvalue weighted by Crippen LogP contribution is -2.41. The molecule has 0 aliphatic heterocycles. The van der Waals surface area contributed by atoms with E-state index in [2.05, 4.69) is 15.6 Å². The summed E-state index contributed by atoms with van der Waals surface area (Å²) in [6.45, 7) is 6.36. The van der Waals surface area contributed by atoms with Crippen molar-refractivity contribution in [2.45, 2.75) is 45.8 Å². The molecule has 0 radical (unpaired) electrons. The zero-order valence-electron chi connectivity index (χ0n) is 11.7. The number of nitrogens with one attached hydrogen (secondary N) is 2. The van der Waals surface area contributed by atoms with Crippen molar-refractivity contribution in [2.75, 3.05) is 6.54 Å². The number of amides is 2. The third-order valence-corrected chi connectivity index (χ3v) is 3.59. The molecule has 0 aliphatic rings. The number of urea groups is 1. The summed E-state index contributed by atoms with van der Waals surface area (Å²) in [5, 5.41) is 18.0. The summed E-state index contributed by atoms with van der Waals surface area (Å²) >= 11 is 1.53. The molecule has 5 nitrogen and oxygen atoms in total. The Morgan fingerprint density at radius 3 is 2.79 bits per heavy atom. The van der Waals surface area contributed by atoms with Crippen molar-refractivity contribution < 1.29 is 9.90 Å². The van der Waals surface area contributed by atoms with Gasteiger partial charge in [-0.1, -0.05) is 20.8 Å². The standard InChI is InChI=1S/C13H23N3O2S/c1-4-11(12-14-5-6-19-12)16-13(18)15-8-10(17)7-9(2)3/h5-6,9-11,17H,4,7-8H2,1-3H3,(H2,15,16,18). The molecule has 0 aromatic carbocycles. The summed E-state index contributed by atoms with van der Waals surface area (Å²) in [7, 11) is 0. The molecular formula is C13H23N3O2S. The van der Waals surface area contributed by atoms with Gasteiger partial charge in [-0.3, -0.25) is 0 Å². The van der Waals surface area contributed by atoms with Crippen LogP contribution >= 0.6 is 11.3 Å². The maximum atomic E-state index is 11.7. The van der Waals surface area contributed by atoms with Crippen molar-refractivity contribution in [2.24, 2.45) is 5.92 Å². The zero-order chi connectivity index (χ0) is 14.3. The van der Waals surface area contributed by atoms with E-state index in [0.29, 0.717) is 12.3 Å². The van der Waals surface area contributed by atoms with Crippen LogP contribution < -0.4 is 10.6 Å². The quantitative estimate of drug-likeness (QED) is 0.719. The molecule has 0 bridgehead atoms. The van der Waals surface area contributed by atoms with E-state index in [4.69, 9.17) is 0 Å². The van der Waals surface area contributed by atoms with E-state index in [1.54, 1.807) is 6.20 Å². The van der Waals surface area contributed by atoms with Gasteiger partial charge in [-0.15, -0.1) is 11.3 Å². The maximum absolute atomic E-state index is 11.7. The Bertz CT molecular complexity index is 368. The predicted molar refractivity (Wildman–Crippen MR) is 77.1 cm³/mol. The van der Waals surface area contributed by atoms with Gasteiger partial charge in [-0.05, 0) is 18.8 Å². The second-order valence-electron chi connectivity index (χ2n) is 4.97. The molecule has 1 aromatic rings. The molecular weight excluding hydrogens is 262 g/mol. The normalized spacial score (nSPS) is 14.2. The molecule has 0 spiro atoms. The number of carbonyl (C=O) groups excluding carboxylic acids is 1. The fraction of sp³-hybridized carbons (Fsp3) is 0.692. The Balaban J connectivity index is 2.34. The van der Waals surface area contributed by atoms with E-state index in [9.17, 15) is 9.90 Å². The third kappa shape index (κ3) is 6.02. The van der Waals surface area contributed by atoms with Crippen LogP contribution in [0.15, 0.2) is 11.6 Å². The van der Waals surface area contributed by atoms with Gasteiger partial charge in [0.05, 0.1) is 12.1 Å². The zero-order valence-corrected chi connectivity index (χ0v) is 12.5. The van der Waals surface area contributed by atoms with Crippen molar-refractivity contribution in [3.8, 4) is 0 Å². The molecule has 2 unspecified atom stereocenters. The molecule has 1 aromatic heterocycles. The Morgan fingerprint density at radius 2 is 2.26 bits per heavy atom. The van der Waals surface area contributed by atoms with Crippen LogP contribution in [0.1, 0.15) is 44.7 Å². The van der Waals surface area contributed by atoms with Gasteiger partial charge < -0.3 is 15.7 Å². The maximum Gasteiger partial charge on any atom is 0.315 e. The number of aliphatic hydroxyl groups excluding tert-OH is 1. The summed E-state index contributed by atoms with van der Waals surface area (Å²) in [6, 6.07) is -0.327. The number of aliphatic hydroxyl groups is 1. The van der Waals surface area contributed by atoms with Crippen LogP contribution in [0.5, 0.6) is 0 Å². The number of hydrogen-bond acceptors (Lipinski definition) is 4. The highest BCUT2D eigenvalue weighted by Crippen LogP contribution is 2.18. The van der Waals surface area contributed by atoms with Crippen molar-refractivity contribution in [1.29, 1.82) is 0 Å². The van der Waals surface area contributed by atoms with Gasteiger partial charge in [-0.2, -0.15) is 0 Å². The van der Waals surface area contributed by atoms with Gasteiger partial charge in [0.2, 0.25) is 0 Å². The highest BCUT2D eigenvalue weighted by Gasteiger charge is 2.15. The Hall–Kier alpha value is -1.14. The summed E-state index contributed by atoms with van der Waals surface area (Å²) < 4.78 is 0. The smallest absolute Gasteiger partial charge is 0.315 e. The monoisotopic (exact) mass is 285 g/mol. The Morgan fingerprint density at radius 1 is 1.53 bits per heavy atom.